The molecule has 1 aliphatic rings. The number of rotatable bonds is 6. The molecule has 0 spiro atoms. The molecule has 0 radical (unpaired) electrons. The number of aromatic nitrogens is 4. The molecular weight excluding hydrogens is 324 g/mol. The third-order valence-corrected chi connectivity index (χ3v) is 5.22. The summed E-state index contributed by atoms with van der Waals surface area (Å²) in [6.45, 7) is 7.14. The molecule has 7 nitrogen and oxygen atoms in total. The van der Waals surface area contributed by atoms with Gasteiger partial charge in [-0.2, -0.15) is 0 Å². The highest BCUT2D eigenvalue weighted by Gasteiger charge is 2.28. The number of carbonyl (C=O) groups is 1. The van der Waals surface area contributed by atoms with Gasteiger partial charge in [0, 0.05) is 24.5 Å². The Hall–Kier alpha value is -1.96. The average Bonchev–Trinajstić information content (AvgIpc) is 3.27. The van der Waals surface area contributed by atoms with E-state index in [1.165, 1.54) is 0 Å². The van der Waals surface area contributed by atoms with E-state index in [4.69, 9.17) is 0 Å². The summed E-state index contributed by atoms with van der Waals surface area (Å²) in [6.07, 6.45) is 4.62. The van der Waals surface area contributed by atoms with Gasteiger partial charge in [-0.1, -0.05) is 20.8 Å². The summed E-state index contributed by atoms with van der Waals surface area (Å²) in [4.78, 5) is 16.8. The van der Waals surface area contributed by atoms with Crippen molar-refractivity contribution in [2.75, 3.05) is 0 Å². The third kappa shape index (κ3) is 3.43. The number of thiazole rings is 1. The highest BCUT2D eigenvalue weighted by molar-refractivity contribution is 7.09. The third-order valence-electron chi connectivity index (χ3n) is 4.33. The Morgan fingerprint density at radius 1 is 1.38 bits per heavy atom. The van der Waals surface area contributed by atoms with Gasteiger partial charge in [-0.05, 0) is 18.8 Å². The van der Waals surface area contributed by atoms with Crippen LogP contribution in [0, 0.1) is 5.92 Å². The molecule has 0 unspecified atom stereocenters. The van der Waals surface area contributed by atoms with E-state index in [1.54, 1.807) is 17.5 Å². The van der Waals surface area contributed by atoms with Gasteiger partial charge in [0.1, 0.15) is 10.8 Å². The van der Waals surface area contributed by atoms with E-state index in [0.29, 0.717) is 0 Å². The molecule has 0 saturated heterocycles. The molecule has 0 fully saturated rings. The second-order valence-corrected chi connectivity index (χ2v) is 7.33. The lowest BCUT2D eigenvalue weighted by atomic mass is 10.0. The van der Waals surface area contributed by atoms with Crippen LogP contribution in [0.5, 0.6) is 0 Å². The number of aryl methyl sites for hydroxylation is 1. The van der Waals surface area contributed by atoms with Crippen LogP contribution in [0.3, 0.4) is 0 Å². The zero-order valence-electron chi connectivity index (χ0n) is 14.3. The van der Waals surface area contributed by atoms with Crippen LogP contribution in [0.4, 0.5) is 4.79 Å². The molecule has 0 saturated carbocycles. The maximum atomic E-state index is 12.5. The van der Waals surface area contributed by atoms with E-state index in [1.807, 2.05) is 12.3 Å². The molecule has 130 valence electrons. The van der Waals surface area contributed by atoms with E-state index in [9.17, 15) is 4.79 Å². The van der Waals surface area contributed by atoms with E-state index < -0.39 is 0 Å². The lowest BCUT2D eigenvalue weighted by Crippen LogP contribution is -2.42. The maximum absolute atomic E-state index is 12.5. The number of fused-ring (bicyclic) bond motifs is 1. The first kappa shape index (κ1) is 16.9. The Bertz CT molecular complexity index is 681. The molecule has 0 bridgehead atoms. The number of hydrogen-bond donors (Lipinski definition) is 2. The van der Waals surface area contributed by atoms with Crippen molar-refractivity contribution in [2.45, 2.75) is 58.7 Å². The van der Waals surface area contributed by atoms with Crippen LogP contribution in [0.2, 0.25) is 0 Å². The van der Waals surface area contributed by atoms with E-state index >= 15 is 0 Å². The molecule has 3 heterocycles. The minimum absolute atomic E-state index is 0.0677. The molecule has 0 aliphatic carbocycles. The summed E-state index contributed by atoms with van der Waals surface area (Å²) in [7, 11) is 0. The van der Waals surface area contributed by atoms with Gasteiger partial charge in [0.05, 0.1) is 12.1 Å². The first-order chi connectivity index (χ1) is 11.6. The molecule has 2 atom stereocenters. The number of nitrogens with zero attached hydrogens (tertiary/aromatic N) is 4. The van der Waals surface area contributed by atoms with Gasteiger partial charge in [0.15, 0.2) is 5.82 Å². The van der Waals surface area contributed by atoms with Crippen molar-refractivity contribution < 1.29 is 4.79 Å². The lowest BCUT2D eigenvalue weighted by Gasteiger charge is -2.23. The average molecular weight is 348 g/mol. The molecule has 0 aromatic carbocycles. The predicted octanol–water partition coefficient (Wildman–Crippen LogP) is 2.83. The summed E-state index contributed by atoms with van der Waals surface area (Å²) in [6, 6.07) is -0.411. The summed E-state index contributed by atoms with van der Waals surface area (Å²) >= 11 is 1.56. The number of nitrogens with one attached hydrogen (secondary N) is 2. The van der Waals surface area contributed by atoms with Gasteiger partial charge < -0.3 is 15.2 Å². The van der Waals surface area contributed by atoms with Crippen LogP contribution in [0.15, 0.2) is 11.6 Å². The number of hydrogen-bond acceptors (Lipinski definition) is 5. The van der Waals surface area contributed by atoms with Gasteiger partial charge >= 0.3 is 6.03 Å². The fourth-order valence-electron chi connectivity index (χ4n) is 3.02. The molecule has 8 heteroatoms. The largest absolute Gasteiger partial charge is 0.329 e. The highest BCUT2D eigenvalue weighted by Crippen LogP contribution is 2.25. The molecule has 1 aliphatic heterocycles. The van der Waals surface area contributed by atoms with Crippen LogP contribution in [0.25, 0.3) is 0 Å². The van der Waals surface area contributed by atoms with Crippen molar-refractivity contribution in [3.63, 3.8) is 0 Å². The molecule has 24 heavy (non-hydrogen) atoms. The van der Waals surface area contributed by atoms with Crippen LogP contribution in [-0.2, 0) is 13.0 Å². The Labute approximate surface area is 145 Å². The molecule has 2 aromatic rings. The van der Waals surface area contributed by atoms with Crippen molar-refractivity contribution in [3.8, 4) is 0 Å². The van der Waals surface area contributed by atoms with Crippen LogP contribution >= 0.6 is 11.3 Å². The first-order valence-electron chi connectivity index (χ1n) is 8.48. The van der Waals surface area contributed by atoms with Crippen molar-refractivity contribution >= 4 is 17.4 Å². The van der Waals surface area contributed by atoms with Crippen LogP contribution in [-0.4, -0.2) is 25.8 Å². The van der Waals surface area contributed by atoms with E-state index in [0.717, 1.165) is 42.5 Å². The fraction of sp³-hybridized carbons (Fsp3) is 0.625. The monoisotopic (exact) mass is 348 g/mol. The Kier molecular flexibility index (Phi) is 5.13. The van der Waals surface area contributed by atoms with Crippen molar-refractivity contribution in [3.05, 3.63) is 28.2 Å². The quantitative estimate of drug-likeness (QED) is 0.841. The van der Waals surface area contributed by atoms with Crippen molar-refractivity contribution in [1.29, 1.82) is 0 Å². The smallest absolute Gasteiger partial charge is 0.315 e. The zero-order chi connectivity index (χ0) is 17.1. The number of amides is 2. The summed E-state index contributed by atoms with van der Waals surface area (Å²) in [5, 5.41) is 17.5. The molecule has 3 rings (SSSR count). The minimum atomic E-state index is -0.189. The second-order valence-electron chi connectivity index (χ2n) is 6.40. The number of urea groups is 1. The van der Waals surface area contributed by atoms with Crippen molar-refractivity contribution in [1.82, 2.24) is 30.4 Å². The normalized spacial score (nSPS) is 16.0. The van der Waals surface area contributed by atoms with Gasteiger partial charge in [0.2, 0.25) is 0 Å². The first-order valence-corrected chi connectivity index (χ1v) is 9.36. The van der Waals surface area contributed by atoms with Crippen LogP contribution in [0.1, 0.15) is 62.4 Å². The second kappa shape index (κ2) is 7.29. The topological polar surface area (TPSA) is 84.7 Å². The highest BCUT2D eigenvalue weighted by atomic mass is 32.1. The number of carbonyl (C=O) groups excluding carboxylic acids is 1. The summed E-state index contributed by atoms with van der Waals surface area (Å²) in [5.41, 5.74) is 0. The predicted molar refractivity (Wildman–Crippen MR) is 92.7 cm³/mol. The zero-order valence-corrected chi connectivity index (χ0v) is 15.1. The van der Waals surface area contributed by atoms with Crippen molar-refractivity contribution in [2.24, 2.45) is 5.92 Å². The maximum Gasteiger partial charge on any atom is 0.315 e. The van der Waals surface area contributed by atoms with E-state index in [-0.39, 0.29) is 24.0 Å². The SMILES string of the molecule is CC[C@H](NC(=O)N[C@H](c1nnc2n1CCC2)C(C)C)c1nccs1. The molecule has 2 aromatic heterocycles. The summed E-state index contributed by atoms with van der Waals surface area (Å²) < 4.78 is 2.14. The summed E-state index contributed by atoms with van der Waals surface area (Å²) in [5.74, 6) is 2.10. The minimum Gasteiger partial charge on any atom is -0.329 e. The standard InChI is InChI=1S/C16H24N6OS/c1-4-11(15-17-7-9-24-15)18-16(23)19-13(10(2)3)14-21-20-12-6-5-8-22(12)14/h7,9-11,13H,4-6,8H2,1-3H3,(H2,18,19,23)/t11-,13-/m0/s1. The van der Waals surface area contributed by atoms with Crippen LogP contribution < -0.4 is 10.6 Å². The van der Waals surface area contributed by atoms with E-state index in [2.05, 4.69) is 44.2 Å². The van der Waals surface area contributed by atoms with Gasteiger partial charge in [-0.25, -0.2) is 9.78 Å². The van der Waals surface area contributed by atoms with Gasteiger partial charge in [-0.3, -0.25) is 0 Å². The molecular formula is C16H24N6OS. The lowest BCUT2D eigenvalue weighted by molar-refractivity contribution is 0.227. The Morgan fingerprint density at radius 3 is 2.88 bits per heavy atom. The molecule has 2 amide bonds. The Morgan fingerprint density at radius 2 is 2.21 bits per heavy atom. The van der Waals surface area contributed by atoms with Gasteiger partial charge in [0.25, 0.3) is 0 Å². The van der Waals surface area contributed by atoms with Gasteiger partial charge in [-0.15, -0.1) is 21.5 Å². The Balaban J connectivity index is 1.70. The fourth-order valence-corrected chi connectivity index (χ4v) is 3.79. The molecule has 2 N–H and O–H groups in total.